The molecule has 1 atom stereocenters. The lowest BCUT2D eigenvalue weighted by molar-refractivity contribution is -0.0845. The number of aliphatic hydroxyl groups is 1. The average molecular weight is 303 g/mol. The minimum atomic E-state index is -0.541. The largest absolute Gasteiger partial charge is 0.497 e. The molecule has 1 unspecified atom stereocenters. The molecule has 22 heavy (non-hydrogen) atoms. The second-order valence-corrected chi connectivity index (χ2v) is 7.43. The van der Waals surface area contributed by atoms with Crippen LogP contribution in [0.4, 0.5) is 0 Å². The summed E-state index contributed by atoms with van der Waals surface area (Å²) in [5.41, 5.74) is 2.10. The van der Waals surface area contributed by atoms with Crippen molar-refractivity contribution in [3.05, 3.63) is 29.3 Å². The van der Waals surface area contributed by atoms with Crippen LogP contribution in [0.1, 0.15) is 49.7 Å². The smallest absolute Gasteiger partial charge is 0.119 e. The molecule has 0 bridgehead atoms. The Bertz CT molecular complexity index is 534. The van der Waals surface area contributed by atoms with E-state index < -0.39 is 5.60 Å². The second-order valence-electron chi connectivity index (χ2n) is 7.43. The number of methoxy groups -OCH3 is 1. The maximum atomic E-state index is 11.5. The van der Waals surface area contributed by atoms with Crippen molar-refractivity contribution in [1.82, 2.24) is 4.90 Å². The number of nitrogens with zero attached hydrogens (tertiary/aromatic N) is 1. The molecule has 0 amide bonds. The Morgan fingerprint density at radius 2 is 1.91 bits per heavy atom. The van der Waals surface area contributed by atoms with Gasteiger partial charge >= 0.3 is 0 Å². The molecule has 2 aliphatic rings. The first kappa shape index (κ1) is 15.8. The minimum absolute atomic E-state index is 0.0818. The van der Waals surface area contributed by atoms with E-state index in [-0.39, 0.29) is 5.41 Å². The van der Waals surface area contributed by atoms with Crippen LogP contribution in [-0.2, 0) is 11.8 Å². The SMILES string of the molecule is COc1ccc2c(c1)C(CCN(C)C)(C1(O)CCCCC1)C2. The fourth-order valence-electron chi connectivity index (χ4n) is 4.50. The molecule has 1 saturated carbocycles. The molecule has 1 fully saturated rings. The van der Waals surface area contributed by atoms with Gasteiger partial charge in [-0.05, 0) is 69.6 Å². The van der Waals surface area contributed by atoms with Crippen LogP contribution in [0.2, 0.25) is 0 Å². The number of hydrogen-bond donors (Lipinski definition) is 1. The molecule has 1 aromatic rings. The fraction of sp³-hybridized carbons (Fsp3) is 0.684. The van der Waals surface area contributed by atoms with Crippen molar-refractivity contribution in [1.29, 1.82) is 0 Å². The van der Waals surface area contributed by atoms with Gasteiger partial charge in [-0.25, -0.2) is 0 Å². The van der Waals surface area contributed by atoms with Crippen molar-refractivity contribution in [2.45, 2.75) is 56.0 Å². The molecular weight excluding hydrogens is 274 g/mol. The lowest BCUT2D eigenvalue weighted by Crippen LogP contribution is -2.59. The first-order chi connectivity index (χ1) is 10.5. The van der Waals surface area contributed by atoms with Crippen LogP contribution >= 0.6 is 0 Å². The first-order valence-electron chi connectivity index (χ1n) is 8.55. The van der Waals surface area contributed by atoms with Crippen molar-refractivity contribution in [3.63, 3.8) is 0 Å². The van der Waals surface area contributed by atoms with E-state index in [1.54, 1.807) is 7.11 Å². The Kier molecular flexibility index (Phi) is 4.21. The highest BCUT2D eigenvalue weighted by molar-refractivity contribution is 5.51. The molecule has 0 heterocycles. The standard InChI is InChI=1S/C19H29NO2/c1-20(2)12-11-18(19(21)9-5-4-6-10-19)14-15-7-8-16(22-3)13-17(15)18/h7-8,13,21H,4-6,9-12,14H2,1-3H3. The molecule has 3 nitrogen and oxygen atoms in total. The maximum Gasteiger partial charge on any atom is 0.119 e. The highest BCUT2D eigenvalue weighted by Gasteiger charge is 2.56. The molecule has 0 saturated heterocycles. The Balaban J connectivity index is 1.97. The summed E-state index contributed by atoms with van der Waals surface area (Å²) < 4.78 is 5.43. The summed E-state index contributed by atoms with van der Waals surface area (Å²) in [6.45, 7) is 1.01. The third-order valence-corrected chi connectivity index (χ3v) is 5.88. The monoisotopic (exact) mass is 303 g/mol. The molecule has 3 heteroatoms. The van der Waals surface area contributed by atoms with Crippen LogP contribution < -0.4 is 4.74 Å². The summed E-state index contributed by atoms with van der Waals surface area (Å²) in [5, 5.41) is 11.5. The molecule has 1 N–H and O–H groups in total. The summed E-state index contributed by atoms with van der Waals surface area (Å²) in [6, 6.07) is 6.38. The Morgan fingerprint density at radius 1 is 1.18 bits per heavy atom. The van der Waals surface area contributed by atoms with Gasteiger partial charge in [0.05, 0.1) is 12.7 Å². The summed E-state index contributed by atoms with van der Waals surface area (Å²) >= 11 is 0. The average Bonchev–Trinajstić information content (AvgIpc) is 2.48. The Morgan fingerprint density at radius 3 is 2.55 bits per heavy atom. The van der Waals surface area contributed by atoms with Crippen molar-refractivity contribution in [2.24, 2.45) is 0 Å². The summed E-state index contributed by atoms with van der Waals surface area (Å²) in [5.74, 6) is 0.909. The predicted octanol–water partition coefficient (Wildman–Crippen LogP) is 3.14. The first-order valence-corrected chi connectivity index (χ1v) is 8.55. The van der Waals surface area contributed by atoms with Gasteiger partial charge in [0.15, 0.2) is 0 Å². The highest BCUT2D eigenvalue weighted by Crippen LogP contribution is 2.56. The van der Waals surface area contributed by atoms with Gasteiger partial charge in [-0.15, -0.1) is 0 Å². The van der Waals surface area contributed by atoms with E-state index in [0.29, 0.717) is 0 Å². The lowest BCUT2D eigenvalue weighted by Gasteiger charge is -2.56. The van der Waals surface area contributed by atoms with E-state index in [1.807, 2.05) is 6.07 Å². The zero-order valence-electron chi connectivity index (χ0n) is 14.2. The fourth-order valence-corrected chi connectivity index (χ4v) is 4.50. The van der Waals surface area contributed by atoms with E-state index in [1.165, 1.54) is 17.5 Å². The summed E-state index contributed by atoms with van der Waals surface area (Å²) in [4.78, 5) is 2.23. The predicted molar refractivity (Wildman–Crippen MR) is 89.6 cm³/mol. The third-order valence-electron chi connectivity index (χ3n) is 5.88. The van der Waals surface area contributed by atoms with Crippen LogP contribution in [0, 0.1) is 0 Å². The van der Waals surface area contributed by atoms with E-state index in [2.05, 4.69) is 31.1 Å². The zero-order valence-corrected chi connectivity index (χ0v) is 14.2. The van der Waals surface area contributed by atoms with Gasteiger partial charge in [-0.2, -0.15) is 0 Å². The highest BCUT2D eigenvalue weighted by atomic mass is 16.5. The van der Waals surface area contributed by atoms with Crippen LogP contribution in [0.15, 0.2) is 18.2 Å². The van der Waals surface area contributed by atoms with Crippen molar-refractivity contribution >= 4 is 0 Å². The maximum absolute atomic E-state index is 11.5. The molecular formula is C19H29NO2. The van der Waals surface area contributed by atoms with Crippen LogP contribution in [0.5, 0.6) is 5.75 Å². The van der Waals surface area contributed by atoms with Crippen molar-refractivity contribution < 1.29 is 9.84 Å². The number of rotatable bonds is 5. The zero-order chi connectivity index (χ0) is 15.8. The molecule has 0 radical (unpaired) electrons. The van der Waals surface area contributed by atoms with E-state index in [4.69, 9.17) is 4.74 Å². The summed E-state index contributed by atoms with van der Waals surface area (Å²) in [7, 11) is 5.95. The minimum Gasteiger partial charge on any atom is -0.497 e. The number of ether oxygens (including phenoxy) is 1. The van der Waals surface area contributed by atoms with Gasteiger partial charge in [-0.1, -0.05) is 25.3 Å². The van der Waals surface area contributed by atoms with Gasteiger partial charge in [0.1, 0.15) is 5.75 Å². The quantitative estimate of drug-likeness (QED) is 0.907. The molecule has 2 aliphatic carbocycles. The number of hydrogen-bond acceptors (Lipinski definition) is 3. The van der Waals surface area contributed by atoms with Gasteiger partial charge in [0.2, 0.25) is 0 Å². The van der Waals surface area contributed by atoms with E-state index >= 15 is 0 Å². The van der Waals surface area contributed by atoms with Crippen LogP contribution in [0.3, 0.4) is 0 Å². The number of benzene rings is 1. The van der Waals surface area contributed by atoms with Gasteiger partial charge in [-0.3, -0.25) is 0 Å². The van der Waals surface area contributed by atoms with Gasteiger partial charge in [0, 0.05) is 5.41 Å². The summed E-state index contributed by atoms with van der Waals surface area (Å²) in [6.07, 6.45) is 7.48. The molecule has 0 spiro atoms. The van der Waals surface area contributed by atoms with Crippen LogP contribution in [0.25, 0.3) is 0 Å². The second kappa shape index (κ2) is 5.86. The molecule has 0 aromatic heterocycles. The third kappa shape index (κ3) is 2.44. The lowest BCUT2D eigenvalue weighted by atomic mass is 9.51. The van der Waals surface area contributed by atoms with E-state index in [9.17, 15) is 5.11 Å². The van der Waals surface area contributed by atoms with E-state index in [0.717, 1.165) is 50.8 Å². The van der Waals surface area contributed by atoms with Crippen LogP contribution in [-0.4, -0.2) is 43.4 Å². The molecule has 0 aliphatic heterocycles. The topological polar surface area (TPSA) is 32.7 Å². The molecule has 1 aromatic carbocycles. The Labute approximate surface area is 134 Å². The van der Waals surface area contributed by atoms with Crippen molar-refractivity contribution in [3.8, 4) is 5.75 Å². The van der Waals surface area contributed by atoms with Gasteiger partial charge < -0.3 is 14.7 Å². The molecule has 122 valence electrons. The van der Waals surface area contributed by atoms with Gasteiger partial charge in [0.25, 0.3) is 0 Å². The number of fused-ring (bicyclic) bond motifs is 1. The normalized spacial score (nSPS) is 26.4. The van der Waals surface area contributed by atoms with Crippen molar-refractivity contribution in [2.75, 3.05) is 27.7 Å². The molecule has 3 rings (SSSR count). The Hall–Kier alpha value is -1.06.